The van der Waals surface area contributed by atoms with E-state index in [0.29, 0.717) is 11.5 Å². The predicted molar refractivity (Wildman–Crippen MR) is 67.0 cm³/mol. The van der Waals surface area contributed by atoms with Crippen LogP contribution in [0.25, 0.3) is 0 Å². The van der Waals surface area contributed by atoms with Crippen molar-refractivity contribution >= 4 is 38.1 Å². The Labute approximate surface area is 99.5 Å². The summed E-state index contributed by atoms with van der Waals surface area (Å²) in [6.07, 6.45) is 0.832. The lowest BCUT2D eigenvalue weighted by atomic mass is 10.3. The van der Waals surface area contributed by atoms with E-state index in [1.165, 1.54) is 4.88 Å². The minimum Gasteiger partial charge on any atom is -0.328 e. The maximum absolute atomic E-state index is 11.6. The molecule has 0 aliphatic heterocycles. The maximum Gasteiger partial charge on any atom is 0.0701 e. The van der Waals surface area contributed by atoms with Crippen molar-refractivity contribution in [3.05, 3.63) is 20.8 Å². The van der Waals surface area contributed by atoms with Crippen LogP contribution in [0.3, 0.4) is 0 Å². The number of rotatable bonds is 5. The molecule has 0 bridgehead atoms. The Bertz CT molecular complexity index is 312. The van der Waals surface area contributed by atoms with Gasteiger partial charge in [-0.15, -0.1) is 11.3 Å². The van der Waals surface area contributed by atoms with Gasteiger partial charge in [-0.3, -0.25) is 4.21 Å². The molecular weight excluding hydrogens is 282 g/mol. The Balaban J connectivity index is 2.34. The lowest BCUT2D eigenvalue weighted by Crippen LogP contribution is -2.18. The van der Waals surface area contributed by atoms with Gasteiger partial charge < -0.3 is 5.73 Å². The van der Waals surface area contributed by atoms with Crippen LogP contribution in [-0.2, 0) is 16.6 Å². The summed E-state index contributed by atoms with van der Waals surface area (Å²) in [5, 5.41) is 0. The molecule has 0 saturated carbocycles. The summed E-state index contributed by atoms with van der Waals surface area (Å²) in [7, 11) is -0.769. The molecule has 2 N–H and O–H groups in total. The second-order valence-corrected chi connectivity index (χ2v) is 7.38. The van der Waals surface area contributed by atoms with Crippen LogP contribution in [0.1, 0.15) is 18.2 Å². The van der Waals surface area contributed by atoms with Crippen molar-refractivity contribution in [3.63, 3.8) is 0 Å². The molecule has 5 heteroatoms. The van der Waals surface area contributed by atoms with Gasteiger partial charge in [-0.25, -0.2) is 0 Å². The van der Waals surface area contributed by atoms with Crippen molar-refractivity contribution in [2.45, 2.75) is 25.1 Å². The smallest absolute Gasteiger partial charge is 0.0701 e. The molecule has 0 spiro atoms. The summed E-state index contributed by atoms with van der Waals surface area (Å²) < 4.78 is 12.7. The SMILES string of the molecule is CC(N)CCS(=O)Cc1ccc(Br)s1. The molecule has 1 heterocycles. The van der Waals surface area contributed by atoms with Crippen LogP contribution in [0.15, 0.2) is 15.9 Å². The third kappa shape index (κ3) is 4.68. The Morgan fingerprint density at radius 1 is 1.64 bits per heavy atom. The van der Waals surface area contributed by atoms with Gasteiger partial charge in [-0.1, -0.05) is 0 Å². The van der Waals surface area contributed by atoms with E-state index in [1.807, 2.05) is 19.1 Å². The molecule has 2 nitrogen and oxygen atoms in total. The molecule has 1 aromatic heterocycles. The average molecular weight is 296 g/mol. The van der Waals surface area contributed by atoms with Gasteiger partial charge in [-0.2, -0.15) is 0 Å². The van der Waals surface area contributed by atoms with Crippen molar-refractivity contribution < 1.29 is 4.21 Å². The van der Waals surface area contributed by atoms with Gasteiger partial charge >= 0.3 is 0 Å². The molecule has 0 aliphatic rings. The minimum atomic E-state index is -0.769. The van der Waals surface area contributed by atoms with Crippen molar-refractivity contribution in [2.75, 3.05) is 5.75 Å². The van der Waals surface area contributed by atoms with Gasteiger partial charge in [0.1, 0.15) is 0 Å². The van der Waals surface area contributed by atoms with E-state index in [-0.39, 0.29) is 6.04 Å². The van der Waals surface area contributed by atoms with Gasteiger partial charge in [0.2, 0.25) is 0 Å². The molecule has 2 atom stereocenters. The Kier molecular flexibility index (Phi) is 5.30. The van der Waals surface area contributed by atoms with Crippen molar-refractivity contribution in [2.24, 2.45) is 5.73 Å². The highest BCUT2D eigenvalue weighted by Gasteiger charge is 2.05. The lowest BCUT2D eigenvalue weighted by Gasteiger charge is -2.03. The van der Waals surface area contributed by atoms with Gasteiger partial charge in [0.25, 0.3) is 0 Å². The standard InChI is InChI=1S/C9H14BrNOS2/c1-7(11)4-5-14(12)6-8-2-3-9(10)13-8/h2-3,7H,4-6,11H2,1H3. The summed E-state index contributed by atoms with van der Waals surface area (Å²) in [6, 6.07) is 4.15. The topological polar surface area (TPSA) is 43.1 Å². The molecule has 0 amide bonds. The molecule has 2 unspecified atom stereocenters. The molecular formula is C9H14BrNOS2. The highest BCUT2D eigenvalue weighted by atomic mass is 79.9. The quantitative estimate of drug-likeness (QED) is 0.907. The first kappa shape index (κ1) is 12.4. The zero-order chi connectivity index (χ0) is 10.6. The third-order valence-corrected chi connectivity index (χ3v) is 4.86. The fourth-order valence-electron chi connectivity index (χ4n) is 0.977. The maximum atomic E-state index is 11.6. The van der Waals surface area contributed by atoms with Crippen molar-refractivity contribution in [1.82, 2.24) is 0 Å². The van der Waals surface area contributed by atoms with Crippen molar-refractivity contribution in [3.8, 4) is 0 Å². The number of hydrogen-bond acceptors (Lipinski definition) is 3. The molecule has 1 rings (SSSR count). The molecule has 1 aromatic rings. The molecule has 0 aliphatic carbocycles. The summed E-state index contributed by atoms with van der Waals surface area (Å²) in [6.45, 7) is 1.94. The Hall–Kier alpha value is 0.290. The van der Waals surface area contributed by atoms with E-state index in [4.69, 9.17) is 5.73 Å². The minimum absolute atomic E-state index is 0.147. The predicted octanol–water partition coefficient (Wildman–Crippen LogP) is 2.50. The molecule has 14 heavy (non-hydrogen) atoms. The van der Waals surface area contributed by atoms with E-state index < -0.39 is 10.8 Å². The van der Waals surface area contributed by atoms with Crippen LogP contribution in [-0.4, -0.2) is 16.0 Å². The number of hydrogen-bond donors (Lipinski definition) is 1. The largest absolute Gasteiger partial charge is 0.328 e. The molecule has 80 valence electrons. The summed E-state index contributed by atoms with van der Waals surface area (Å²) >= 11 is 5.03. The normalized spacial score (nSPS) is 15.4. The van der Waals surface area contributed by atoms with E-state index in [2.05, 4.69) is 15.9 Å². The monoisotopic (exact) mass is 295 g/mol. The fraction of sp³-hybridized carbons (Fsp3) is 0.556. The number of halogens is 1. The first-order valence-electron chi connectivity index (χ1n) is 4.42. The second-order valence-electron chi connectivity index (χ2n) is 3.26. The number of thiophene rings is 1. The molecule has 0 saturated heterocycles. The molecule has 0 radical (unpaired) electrons. The molecule has 0 fully saturated rings. The van der Waals surface area contributed by atoms with Gasteiger partial charge in [-0.05, 0) is 41.4 Å². The van der Waals surface area contributed by atoms with Gasteiger partial charge in [0, 0.05) is 27.5 Å². The van der Waals surface area contributed by atoms with Crippen LogP contribution < -0.4 is 5.73 Å². The van der Waals surface area contributed by atoms with E-state index in [1.54, 1.807) is 11.3 Å². The van der Waals surface area contributed by atoms with Crippen LogP contribution in [0.5, 0.6) is 0 Å². The zero-order valence-electron chi connectivity index (χ0n) is 8.03. The van der Waals surface area contributed by atoms with Crippen LogP contribution >= 0.6 is 27.3 Å². The summed E-state index contributed by atoms with van der Waals surface area (Å²) in [5.74, 6) is 1.36. The lowest BCUT2D eigenvalue weighted by molar-refractivity contribution is 0.667. The highest BCUT2D eigenvalue weighted by Crippen LogP contribution is 2.23. The van der Waals surface area contributed by atoms with E-state index in [9.17, 15) is 4.21 Å². The Morgan fingerprint density at radius 3 is 2.86 bits per heavy atom. The van der Waals surface area contributed by atoms with Crippen LogP contribution in [0.4, 0.5) is 0 Å². The Morgan fingerprint density at radius 2 is 2.36 bits per heavy atom. The first-order chi connectivity index (χ1) is 6.58. The molecule has 0 aromatic carbocycles. The average Bonchev–Trinajstić information content (AvgIpc) is 2.48. The van der Waals surface area contributed by atoms with E-state index in [0.717, 1.165) is 10.2 Å². The summed E-state index contributed by atoms with van der Waals surface area (Å²) in [4.78, 5) is 1.17. The van der Waals surface area contributed by atoms with Crippen molar-refractivity contribution in [1.29, 1.82) is 0 Å². The second kappa shape index (κ2) is 6.00. The van der Waals surface area contributed by atoms with Crippen LogP contribution in [0, 0.1) is 0 Å². The highest BCUT2D eigenvalue weighted by molar-refractivity contribution is 9.11. The van der Waals surface area contributed by atoms with E-state index >= 15 is 0 Å². The fourth-order valence-corrected chi connectivity index (χ4v) is 4.08. The van der Waals surface area contributed by atoms with Gasteiger partial charge in [0.15, 0.2) is 0 Å². The number of nitrogens with two attached hydrogens (primary N) is 1. The third-order valence-electron chi connectivity index (χ3n) is 1.73. The van der Waals surface area contributed by atoms with Gasteiger partial charge in [0.05, 0.1) is 9.54 Å². The van der Waals surface area contributed by atoms with Crippen LogP contribution in [0.2, 0.25) is 0 Å². The zero-order valence-corrected chi connectivity index (χ0v) is 11.3. The summed E-state index contributed by atoms with van der Waals surface area (Å²) in [5.41, 5.74) is 5.60. The first-order valence-corrected chi connectivity index (χ1v) is 7.52.